The average Bonchev–Trinajstić information content (AvgIpc) is 3.11. The highest BCUT2D eigenvalue weighted by atomic mass is 16.7. The molecule has 0 radical (unpaired) electrons. The van der Waals surface area contributed by atoms with E-state index in [2.05, 4.69) is 16.3 Å². The number of hydrogen-bond acceptors (Lipinski definition) is 4. The molecule has 2 aliphatic heterocycles. The molecule has 0 spiro atoms. The van der Waals surface area contributed by atoms with Crippen molar-refractivity contribution < 1.29 is 14.3 Å². The minimum atomic E-state index is -0.00487. The van der Waals surface area contributed by atoms with Crippen molar-refractivity contribution in [3.8, 4) is 0 Å². The molecule has 0 aromatic rings. The zero-order valence-corrected chi connectivity index (χ0v) is 14.1. The average molecular weight is 322 g/mol. The lowest BCUT2D eigenvalue weighted by Crippen LogP contribution is -2.43. The Balaban J connectivity index is 1.29. The van der Waals surface area contributed by atoms with Gasteiger partial charge in [0.05, 0.1) is 19.8 Å². The van der Waals surface area contributed by atoms with E-state index in [1.807, 2.05) is 0 Å². The minimum Gasteiger partial charge on any atom is -0.355 e. The summed E-state index contributed by atoms with van der Waals surface area (Å²) in [5.74, 6) is 0.656. The van der Waals surface area contributed by atoms with Crippen LogP contribution in [0.15, 0.2) is 11.6 Å². The van der Waals surface area contributed by atoms with Crippen molar-refractivity contribution in [1.82, 2.24) is 10.2 Å². The number of likely N-dealkylation sites (tertiary alicyclic amines) is 1. The first-order valence-electron chi connectivity index (χ1n) is 9.21. The maximum Gasteiger partial charge on any atom is 0.234 e. The Hall–Kier alpha value is -0.910. The van der Waals surface area contributed by atoms with Gasteiger partial charge < -0.3 is 14.8 Å². The number of nitrogens with zero attached hydrogens (tertiary/aromatic N) is 1. The van der Waals surface area contributed by atoms with Gasteiger partial charge in [-0.05, 0) is 58.0 Å². The van der Waals surface area contributed by atoms with Gasteiger partial charge in [-0.2, -0.15) is 0 Å². The summed E-state index contributed by atoms with van der Waals surface area (Å²) in [6.07, 6.45) is 10.6. The minimum absolute atomic E-state index is 0.00487. The summed E-state index contributed by atoms with van der Waals surface area (Å²) in [5.41, 5.74) is 1.52. The topological polar surface area (TPSA) is 50.8 Å². The van der Waals surface area contributed by atoms with Crippen LogP contribution in [0.2, 0.25) is 0 Å². The van der Waals surface area contributed by atoms with Crippen LogP contribution in [0.4, 0.5) is 0 Å². The first kappa shape index (κ1) is 16.9. The van der Waals surface area contributed by atoms with Crippen molar-refractivity contribution in [1.29, 1.82) is 0 Å². The predicted molar refractivity (Wildman–Crippen MR) is 89.0 cm³/mol. The second-order valence-corrected chi connectivity index (χ2v) is 6.93. The lowest BCUT2D eigenvalue weighted by Gasteiger charge is -2.33. The van der Waals surface area contributed by atoms with Crippen LogP contribution in [-0.4, -0.2) is 56.5 Å². The first-order valence-corrected chi connectivity index (χ1v) is 9.21. The number of carbonyl (C=O) groups is 1. The SMILES string of the molecule is O=C(CN1CCC(C2OCCO2)CC1)NCCC1=CCCCC1. The number of ether oxygens (including phenoxy) is 2. The molecule has 1 N–H and O–H groups in total. The van der Waals surface area contributed by atoms with Crippen molar-refractivity contribution in [2.75, 3.05) is 39.4 Å². The highest BCUT2D eigenvalue weighted by molar-refractivity contribution is 5.78. The van der Waals surface area contributed by atoms with E-state index in [1.54, 1.807) is 0 Å². The number of piperidine rings is 1. The van der Waals surface area contributed by atoms with Crippen LogP contribution < -0.4 is 5.32 Å². The summed E-state index contributed by atoms with van der Waals surface area (Å²) in [6, 6.07) is 0. The summed E-state index contributed by atoms with van der Waals surface area (Å²) in [4.78, 5) is 14.3. The van der Waals surface area contributed by atoms with E-state index < -0.39 is 0 Å². The predicted octanol–water partition coefficient (Wildman–Crippen LogP) is 2.08. The quantitative estimate of drug-likeness (QED) is 0.761. The Labute approximate surface area is 139 Å². The van der Waals surface area contributed by atoms with E-state index in [1.165, 1.54) is 31.3 Å². The zero-order chi connectivity index (χ0) is 15.9. The van der Waals surface area contributed by atoms with Crippen LogP contribution >= 0.6 is 0 Å². The lowest BCUT2D eigenvalue weighted by atomic mass is 9.96. The summed E-state index contributed by atoms with van der Waals surface area (Å²) in [7, 11) is 0. The second-order valence-electron chi connectivity index (χ2n) is 6.93. The van der Waals surface area contributed by atoms with E-state index in [0.717, 1.165) is 52.1 Å². The molecule has 0 bridgehead atoms. The standard InChI is InChI=1S/C18H30N2O3/c21-17(19-9-6-15-4-2-1-3-5-15)14-20-10-7-16(8-11-20)18-22-12-13-23-18/h4,16,18H,1-3,5-14H2,(H,19,21). The number of hydrogen-bond donors (Lipinski definition) is 1. The molecule has 0 atom stereocenters. The fourth-order valence-electron chi connectivity index (χ4n) is 3.79. The highest BCUT2D eigenvalue weighted by Crippen LogP contribution is 2.25. The molecule has 0 aromatic carbocycles. The molecule has 0 aromatic heterocycles. The van der Waals surface area contributed by atoms with Gasteiger partial charge in [0.25, 0.3) is 0 Å². The maximum absolute atomic E-state index is 12.1. The molecular weight excluding hydrogens is 292 g/mol. The fourth-order valence-corrected chi connectivity index (χ4v) is 3.79. The largest absolute Gasteiger partial charge is 0.355 e. The van der Waals surface area contributed by atoms with Gasteiger partial charge in [0.1, 0.15) is 0 Å². The van der Waals surface area contributed by atoms with E-state index in [0.29, 0.717) is 12.5 Å². The number of rotatable bonds is 6. The number of nitrogens with one attached hydrogen (secondary N) is 1. The Morgan fingerprint density at radius 3 is 2.70 bits per heavy atom. The number of amides is 1. The Morgan fingerprint density at radius 2 is 2.00 bits per heavy atom. The molecule has 5 heteroatoms. The van der Waals surface area contributed by atoms with Crippen LogP contribution in [0.25, 0.3) is 0 Å². The molecule has 5 nitrogen and oxygen atoms in total. The van der Waals surface area contributed by atoms with Crippen LogP contribution in [0.5, 0.6) is 0 Å². The number of allylic oxidation sites excluding steroid dienone is 1. The molecule has 1 amide bonds. The van der Waals surface area contributed by atoms with Crippen molar-refractivity contribution in [2.24, 2.45) is 5.92 Å². The smallest absolute Gasteiger partial charge is 0.234 e. The molecule has 2 fully saturated rings. The third-order valence-electron chi connectivity index (χ3n) is 5.19. The molecule has 3 rings (SSSR count). The summed E-state index contributed by atoms with van der Waals surface area (Å²) in [6.45, 7) is 4.69. The highest BCUT2D eigenvalue weighted by Gasteiger charge is 2.30. The molecule has 130 valence electrons. The van der Waals surface area contributed by atoms with Gasteiger partial charge in [-0.3, -0.25) is 9.69 Å². The van der Waals surface area contributed by atoms with E-state index in [-0.39, 0.29) is 12.2 Å². The van der Waals surface area contributed by atoms with Crippen LogP contribution in [0, 0.1) is 5.92 Å². The Kier molecular flexibility index (Phi) is 6.48. The van der Waals surface area contributed by atoms with Gasteiger partial charge in [0.2, 0.25) is 5.91 Å². The summed E-state index contributed by atoms with van der Waals surface area (Å²) < 4.78 is 11.2. The maximum atomic E-state index is 12.1. The molecule has 2 saturated heterocycles. The molecule has 0 saturated carbocycles. The third-order valence-corrected chi connectivity index (χ3v) is 5.19. The van der Waals surface area contributed by atoms with E-state index in [4.69, 9.17) is 9.47 Å². The molecule has 2 heterocycles. The molecule has 3 aliphatic rings. The zero-order valence-electron chi connectivity index (χ0n) is 14.1. The molecule has 0 unspecified atom stereocenters. The third kappa shape index (κ3) is 5.30. The van der Waals surface area contributed by atoms with Gasteiger partial charge in [-0.1, -0.05) is 11.6 Å². The molecule has 1 aliphatic carbocycles. The van der Waals surface area contributed by atoms with Gasteiger partial charge in [0.15, 0.2) is 6.29 Å². The fraction of sp³-hybridized carbons (Fsp3) is 0.833. The van der Waals surface area contributed by atoms with Crippen LogP contribution in [0.1, 0.15) is 44.9 Å². The van der Waals surface area contributed by atoms with Crippen molar-refractivity contribution >= 4 is 5.91 Å². The molecular formula is C18H30N2O3. The summed E-state index contributed by atoms with van der Waals surface area (Å²) in [5, 5.41) is 3.07. The van der Waals surface area contributed by atoms with Gasteiger partial charge >= 0.3 is 0 Å². The molecule has 23 heavy (non-hydrogen) atoms. The summed E-state index contributed by atoms with van der Waals surface area (Å²) >= 11 is 0. The second kappa shape index (κ2) is 8.81. The van der Waals surface area contributed by atoms with E-state index >= 15 is 0 Å². The number of carbonyl (C=O) groups excluding carboxylic acids is 1. The van der Waals surface area contributed by atoms with Crippen molar-refractivity contribution in [3.05, 3.63) is 11.6 Å². The van der Waals surface area contributed by atoms with Gasteiger partial charge in [-0.15, -0.1) is 0 Å². The Morgan fingerprint density at radius 1 is 1.22 bits per heavy atom. The van der Waals surface area contributed by atoms with Crippen LogP contribution in [-0.2, 0) is 14.3 Å². The monoisotopic (exact) mass is 322 g/mol. The van der Waals surface area contributed by atoms with Crippen molar-refractivity contribution in [2.45, 2.75) is 51.2 Å². The van der Waals surface area contributed by atoms with Gasteiger partial charge in [0, 0.05) is 12.5 Å². The lowest BCUT2D eigenvalue weighted by molar-refractivity contribution is -0.123. The first-order chi connectivity index (χ1) is 11.3. The van der Waals surface area contributed by atoms with E-state index in [9.17, 15) is 4.79 Å². The van der Waals surface area contributed by atoms with Crippen molar-refractivity contribution in [3.63, 3.8) is 0 Å². The Bertz CT molecular complexity index is 410. The normalized spacial score (nSPS) is 24.6. The van der Waals surface area contributed by atoms with Gasteiger partial charge in [-0.25, -0.2) is 0 Å². The van der Waals surface area contributed by atoms with Crippen LogP contribution in [0.3, 0.4) is 0 Å².